The Morgan fingerprint density at radius 3 is 2.24 bits per heavy atom. The predicted octanol–water partition coefficient (Wildman–Crippen LogP) is 1.08. The highest BCUT2D eigenvalue weighted by atomic mass is 32.2. The van der Waals surface area contributed by atoms with Crippen LogP contribution in [0.5, 0.6) is 0 Å². The molecule has 2 aliphatic rings. The number of benzene rings is 2. The number of sulfone groups is 1. The van der Waals surface area contributed by atoms with Crippen molar-refractivity contribution in [3.05, 3.63) is 83.7 Å². The zero-order valence-electron chi connectivity index (χ0n) is 20.1. The molecule has 3 atom stereocenters. The van der Waals surface area contributed by atoms with Crippen LogP contribution in [0.2, 0.25) is 0 Å². The number of hydrogen-bond acceptors (Lipinski definition) is 8. The number of amides is 2. The second kappa shape index (κ2) is 9.11. The van der Waals surface area contributed by atoms with E-state index in [1.807, 2.05) is 36.4 Å². The number of esters is 1. The van der Waals surface area contributed by atoms with E-state index in [9.17, 15) is 22.8 Å². The van der Waals surface area contributed by atoms with Crippen LogP contribution in [0, 0.1) is 0 Å². The van der Waals surface area contributed by atoms with Gasteiger partial charge in [0, 0.05) is 7.05 Å². The number of hydrogen-bond donors (Lipinski definition) is 1. The lowest BCUT2D eigenvalue weighted by Crippen LogP contribution is -2.58. The van der Waals surface area contributed by atoms with Gasteiger partial charge in [-0.15, -0.1) is 5.10 Å². The maximum absolute atomic E-state index is 13.8. The van der Waals surface area contributed by atoms with E-state index < -0.39 is 49.9 Å². The van der Waals surface area contributed by atoms with Gasteiger partial charge in [-0.2, -0.15) is 0 Å². The average Bonchev–Trinajstić information content (AvgIpc) is 3.41. The van der Waals surface area contributed by atoms with Gasteiger partial charge in [0.2, 0.25) is 5.91 Å². The van der Waals surface area contributed by atoms with E-state index in [1.165, 1.54) is 20.2 Å². The number of nitrogens with zero attached hydrogens (tertiary/aromatic N) is 4. The fourth-order valence-corrected chi connectivity index (χ4v) is 7.36. The van der Waals surface area contributed by atoms with Crippen LogP contribution in [0.4, 0.5) is 0 Å². The lowest BCUT2D eigenvalue weighted by Gasteiger charge is -2.37. The molecule has 2 fully saturated rings. The van der Waals surface area contributed by atoms with Crippen LogP contribution < -0.4 is 5.32 Å². The summed E-state index contributed by atoms with van der Waals surface area (Å²) in [6, 6.07) is 16.7. The number of carbonyl (C=O) groups is 3. The molecule has 2 aromatic carbocycles. The maximum atomic E-state index is 13.8. The van der Waals surface area contributed by atoms with Crippen LogP contribution in [-0.4, -0.2) is 69.3 Å². The Kier molecular flexibility index (Phi) is 6.06. The van der Waals surface area contributed by atoms with Crippen molar-refractivity contribution in [2.24, 2.45) is 0 Å². The Balaban J connectivity index is 1.55. The number of aromatic nitrogens is 3. The third-order valence-electron chi connectivity index (χ3n) is 7.02. The number of ether oxygens (including phenoxy) is 1. The predicted molar refractivity (Wildman–Crippen MR) is 131 cm³/mol. The number of rotatable bonds is 7. The third kappa shape index (κ3) is 3.88. The Morgan fingerprint density at radius 1 is 1.11 bits per heavy atom. The summed E-state index contributed by atoms with van der Waals surface area (Å²) in [5.41, 5.74) is 1.40. The molecule has 3 heterocycles. The van der Waals surface area contributed by atoms with E-state index in [-0.39, 0.29) is 18.7 Å². The van der Waals surface area contributed by atoms with E-state index in [0.717, 1.165) is 9.58 Å². The SMILES string of the molecule is CNC(=O)c1cnnn1C[C@@]1(C)[C@H](C(=O)OC(c2ccccc2)c2ccccc2)N2C(=O)C[C@H]2S1(=O)=O. The number of carbonyl (C=O) groups excluding carboxylic acids is 3. The van der Waals surface area contributed by atoms with Crippen molar-refractivity contribution in [1.29, 1.82) is 0 Å². The van der Waals surface area contributed by atoms with Crippen molar-refractivity contribution in [2.45, 2.75) is 42.2 Å². The standard InChI is InChI=1S/C25H25N5O6S/c1-25(15-29-18(14-27-28-29)23(32)26-2)22(30-19(31)13-20(30)37(25,34)35)24(33)36-21(16-9-5-3-6-10-16)17-11-7-4-8-12-17/h3-12,14,20-22H,13,15H2,1-2H3,(H,26,32)/t20-,22+,25+/m1/s1. The zero-order valence-corrected chi connectivity index (χ0v) is 21.0. The highest BCUT2D eigenvalue weighted by Gasteiger charge is 2.70. The molecule has 11 nitrogen and oxygen atoms in total. The lowest BCUT2D eigenvalue weighted by molar-refractivity contribution is -0.164. The normalized spacial score (nSPS) is 23.9. The van der Waals surface area contributed by atoms with Gasteiger partial charge < -0.3 is 15.0 Å². The fraction of sp³-hybridized carbons (Fsp3) is 0.320. The van der Waals surface area contributed by atoms with Gasteiger partial charge >= 0.3 is 5.97 Å². The Labute approximate surface area is 213 Å². The summed E-state index contributed by atoms with van der Waals surface area (Å²) in [4.78, 5) is 39.8. The average molecular weight is 524 g/mol. The summed E-state index contributed by atoms with van der Waals surface area (Å²) >= 11 is 0. The van der Waals surface area contributed by atoms with Gasteiger partial charge in [0.05, 0.1) is 19.2 Å². The van der Waals surface area contributed by atoms with Gasteiger partial charge in [0.15, 0.2) is 22.0 Å². The Bertz CT molecular complexity index is 1420. The number of β-lactam (4-membered cyclic amide) rings is 1. The second-order valence-electron chi connectivity index (χ2n) is 9.21. The summed E-state index contributed by atoms with van der Waals surface area (Å²) in [7, 11) is -2.64. The number of fused-ring (bicyclic) bond motifs is 1. The van der Waals surface area contributed by atoms with Crippen LogP contribution in [-0.2, 0) is 30.7 Å². The first-order valence-corrected chi connectivity index (χ1v) is 13.2. The molecule has 0 bridgehead atoms. The first-order valence-electron chi connectivity index (χ1n) is 11.6. The highest BCUT2D eigenvalue weighted by Crippen LogP contribution is 2.47. The van der Waals surface area contributed by atoms with Crippen LogP contribution >= 0.6 is 0 Å². The smallest absolute Gasteiger partial charge is 0.331 e. The Morgan fingerprint density at radius 2 is 1.70 bits per heavy atom. The molecule has 0 aliphatic carbocycles. The summed E-state index contributed by atoms with van der Waals surface area (Å²) in [6.07, 6.45) is 0.158. The maximum Gasteiger partial charge on any atom is 0.331 e. The molecule has 1 N–H and O–H groups in total. The van der Waals surface area contributed by atoms with E-state index in [0.29, 0.717) is 11.1 Å². The minimum absolute atomic E-state index is 0.0260. The van der Waals surface area contributed by atoms with E-state index in [2.05, 4.69) is 15.6 Å². The molecule has 3 aromatic rings. The molecule has 0 unspecified atom stereocenters. The highest BCUT2D eigenvalue weighted by molar-refractivity contribution is 7.93. The molecule has 0 radical (unpaired) electrons. The molecule has 2 aliphatic heterocycles. The Hall–Kier alpha value is -4.06. The second-order valence-corrected chi connectivity index (χ2v) is 11.8. The van der Waals surface area contributed by atoms with E-state index in [4.69, 9.17) is 4.74 Å². The molecular weight excluding hydrogens is 498 g/mol. The summed E-state index contributed by atoms with van der Waals surface area (Å²) in [5, 5.41) is 8.93. The largest absolute Gasteiger partial charge is 0.451 e. The minimum atomic E-state index is -4.06. The molecule has 37 heavy (non-hydrogen) atoms. The fourth-order valence-electron chi connectivity index (χ4n) is 5.01. The minimum Gasteiger partial charge on any atom is -0.451 e. The zero-order chi connectivity index (χ0) is 26.4. The van der Waals surface area contributed by atoms with Gasteiger partial charge in [0.25, 0.3) is 5.91 Å². The van der Waals surface area contributed by atoms with Gasteiger partial charge in [-0.05, 0) is 18.1 Å². The van der Waals surface area contributed by atoms with Gasteiger partial charge in [-0.1, -0.05) is 65.9 Å². The molecule has 192 valence electrons. The van der Waals surface area contributed by atoms with Crippen LogP contribution in [0.1, 0.15) is 41.1 Å². The van der Waals surface area contributed by atoms with Crippen molar-refractivity contribution in [1.82, 2.24) is 25.2 Å². The molecule has 12 heteroatoms. The topological polar surface area (TPSA) is 141 Å². The molecule has 1 aromatic heterocycles. The molecule has 0 spiro atoms. The number of nitrogens with one attached hydrogen (secondary N) is 1. The molecular formula is C25H25N5O6S. The lowest BCUT2D eigenvalue weighted by atomic mass is 9.95. The molecule has 2 saturated heterocycles. The van der Waals surface area contributed by atoms with Crippen molar-refractivity contribution >= 4 is 27.6 Å². The summed E-state index contributed by atoms with van der Waals surface area (Å²) in [5.74, 6) is -1.84. The molecule has 0 saturated carbocycles. The van der Waals surface area contributed by atoms with E-state index in [1.54, 1.807) is 24.3 Å². The van der Waals surface area contributed by atoms with Gasteiger partial charge in [-0.3, -0.25) is 9.59 Å². The molecule has 2 amide bonds. The van der Waals surface area contributed by atoms with Crippen LogP contribution in [0.15, 0.2) is 66.9 Å². The monoisotopic (exact) mass is 523 g/mol. The van der Waals surface area contributed by atoms with Crippen molar-refractivity contribution in [2.75, 3.05) is 7.05 Å². The quantitative estimate of drug-likeness (QED) is 0.358. The molecule has 5 rings (SSSR count). The van der Waals surface area contributed by atoms with Crippen molar-refractivity contribution < 1.29 is 27.5 Å². The van der Waals surface area contributed by atoms with Crippen molar-refractivity contribution in [3.8, 4) is 0 Å². The first-order chi connectivity index (χ1) is 17.7. The van der Waals surface area contributed by atoms with Crippen LogP contribution in [0.25, 0.3) is 0 Å². The summed E-state index contributed by atoms with van der Waals surface area (Å²) < 4.78 is 32.7. The third-order valence-corrected chi connectivity index (χ3v) is 9.78. The van der Waals surface area contributed by atoms with Gasteiger partial charge in [0.1, 0.15) is 15.8 Å². The van der Waals surface area contributed by atoms with Crippen molar-refractivity contribution in [3.63, 3.8) is 0 Å². The van der Waals surface area contributed by atoms with Gasteiger partial charge in [-0.25, -0.2) is 17.9 Å². The van der Waals surface area contributed by atoms with Crippen LogP contribution in [0.3, 0.4) is 0 Å². The first kappa shape index (κ1) is 24.6. The summed E-state index contributed by atoms with van der Waals surface area (Å²) in [6.45, 7) is 1.01. The van der Waals surface area contributed by atoms with E-state index >= 15 is 0 Å².